The lowest BCUT2D eigenvalue weighted by molar-refractivity contribution is -0.172. The SMILES string of the molecule is C[C@@H](CCC(CNC(=O)OCc1ccccc1)C(=O)O)C(F)(F)F. The highest BCUT2D eigenvalue weighted by atomic mass is 19.4. The van der Waals surface area contributed by atoms with Gasteiger partial charge in [-0.15, -0.1) is 0 Å². The summed E-state index contributed by atoms with van der Waals surface area (Å²) in [5, 5.41) is 11.3. The van der Waals surface area contributed by atoms with Gasteiger partial charge < -0.3 is 15.2 Å². The fraction of sp³-hybridized carbons (Fsp3) is 0.500. The third-order valence-electron chi connectivity index (χ3n) is 3.56. The smallest absolute Gasteiger partial charge is 0.407 e. The number of hydrogen-bond acceptors (Lipinski definition) is 3. The molecule has 0 aliphatic carbocycles. The fourth-order valence-electron chi connectivity index (χ4n) is 1.91. The number of alkyl carbamates (subject to hydrolysis) is 1. The molecule has 0 spiro atoms. The quantitative estimate of drug-likeness (QED) is 0.753. The van der Waals surface area contributed by atoms with Crippen molar-refractivity contribution in [1.29, 1.82) is 0 Å². The molecular formula is C16H20F3NO4. The summed E-state index contributed by atoms with van der Waals surface area (Å²) in [4.78, 5) is 22.6. The van der Waals surface area contributed by atoms with Crippen LogP contribution in [-0.2, 0) is 16.1 Å². The van der Waals surface area contributed by atoms with Crippen LogP contribution in [0.1, 0.15) is 25.3 Å². The van der Waals surface area contributed by atoms with Crippen LogP contribution in [0.25, 0.3) is 0 Å². The predicted octanol–water partition coefficient (Wildman–Crippen LogP) is 3.59. The number of aliphatic carboxylic acids is 1. The Hall–Kier alpha value is -2.25. The second-order valence-corrected chi connectivity index (χ2v) is 5.50. The first kappa shape index (κ1) is 19.8. The van der Waals surface area contributed by atoms with Crippen molar-refractivity contribution < 1.29 is 32.6 Å². The van der Waals surface area contributed by atoms with Crippen molar-refractivity contribution in [3.8, 4) is 0 Å². The molecule has 1 unspecified atom stereocenters. The average molecular weight is 347 g/mol. The highest BCUT2D eigenvalue weighted by molar-refractivity contribution is 5.72. The third kappa shape index (κ3) is 7.34. The zero-order valence-corrected chi connectivity index (χ0v) is 13.2. The van der Waals surface area contributed by atoms with Crippen molar-refractivity contribution in [3.05, 3.63) is 35.9 Å². The second kappa shape index (κ2) is 9.14. The van der Waals surface area contributed by atoms with Crippen molar-refractivity contribution >= 4 is 12.1 Å². The molecular weight excluding hydrogens is 327 g/mol. The number of hydrogen-bond donors (Lipinski definition) is 2. The number of amides is 1. The largest absolute Gasteiger partial charge is 0.481 e. The van der Waals surface area contributed by atoms with Crippen molar-refractivity contribution in [2.75, 3.05) is 6.54 Å². The first-order valence-electron chi connectivity index (χ1n) is 7.44. The Morgan fingerprint density at radius 2 is 1.83 bits per heavy atom. The van der Waals surface area contributed by atoms with Crippen LogP contribution in [0.4, 0.5) is 18.0 Å². The van der Waals surface area contributed by atoms with Crippen LogP contribution in [-0.4, -0.2) is 29.9 Å². The summed E-state index contributed by atoms with van der Waals surface area (Å²) in [6.45, 7) is 0.740. The van der Waals surface area contributed by atoms with Gasteiger partial charge in [0.25, 0.3) is 0 Å². The van der Waals surface area contributed by atoms with Gasteiger partial charge in [0.1, 0.15) is 6.61 Å². The average Bonchev–Trinajstić information content (AvgIpc) is 2.52. The molecule has 0 radical (unpaired) electrons. The van der Waals surface area contributed by atoms with Gasteiger partial charge in [0.05, 0.1) is 11.8 Å². The van der Waals surface area contributed by atoms with Crippen LogP contribution >= 0.6 is 0 Å². The molecule has 0 aliphatic heterocycles. The Labute approximate surface area is 137 Å². The van der Waals surface area contributed by atoms with Crippen LogP contribution in [0.3, 0.4) is 0 Å². The molecule has 0 saturated carbocycles. The second-order valence-electron chi connectivity index (χ2n) is 5.50. The zero-order chi connectivity index (χ0) is 18.2. The van der Waals surface area contributed by atoms with Crippen LogP contribution in [0, 0.1) is 11.8 Å². The van der Waals surface area contributed by atoms with E-state index >= 15 is 0 Å². The Kier molecular flexibility index (Phi) is 7.54. The maximum absolute atomic E-state index is 12.4. The summed E-state index contributed by atoms with van der Waals surface area (Å²) in [6.07, 6.45) is -5.67. The first-order chi connectivity index (χ1) is 11.2. The minimum atomic E-state index is -4.36. The number of ether oxygens (including phenoxy) is 1. The molecule has 0 aliphatic rings. The van der Waals surface area contributed by atoms with Crippen LogP contribution in [0.5, 0.6) is 0 Å². The number of nitrogens with one attached hydrogen (secondary N) is 1. The number of carbonyl (C=O) groups is 2. The van der Waals surface area contributed by atoms with E-state index in [2.05, 4.69) is 5.32 Å². The molecule has 8 heteroatoms. The molecule has 1 rings (SSSR count). The van der Waals surface area contributed by atoms with Gasteiger partial charge in [-0.3, -0.25) is 4.79 Å². The normalized spacial score (nSPS) is 13.8. The number of halogens is 3. The Bertz CT molecular complexity index is 534. The molecule has 24 heavy (non-hydrogen) atoms. The van der Waals surface area contributed by atoms with E-state index < -0.39 is 30.1 Å². The first-order valence-corrected chi connectivity index (χ1v) is 7.44. The summed E-state index contributed by atoms with van der Waals surface area (Å²) in [6, 6.07) is 8.87. The molecule has 134 valence electrons. The Balaban J connectivity index is 2.37. The zero-order valence-electron chi connectivity index (χ0n) is 13.2. The Morgan fingerprint density at radius 3 is 2.38 bits per heavy atom. The van der Waals surface area contributed by atoms with Gasteiger partial charge in [0, 0.05) is 6.54 Å². The lowest BCUT2D eigenvalue weighted by Crippen LogP contribution is -2.34. The van der Waals surface area contributed by atoms with Crippen molar-refractivity contribution in [2.45, 2.75) is 32.5 Å². The summed E-state index contributed by atoms with van der Waals surface area (Å²) in [7, 11) is 0. The van der Waals surface area contributed by atoms with Crippen molar-refractivity contribution in [1.82, 2.24) is 5.32 Å². The highest BCUT2D eigenvalue weighted by Crippen LogP contribution is 2.30. The number of carbonyl (C=O) groups excluding carboxylic acids is 1. The van der Waals surface area contributed by atoms with Crippen LogP contribution in [0.2, 0.25) is 0 Å². The fourth-order valence-corrected chi connectivity index (χ4v) is 1.91. The lowest BCUT2D eigenvalue weighted by atomic mass is 9.96. The summed E-state index contributed by atoms with van der Waals surface area (Å²) >= 11 is 0. The van der Waals surface area contributed by atoms with Crippen LogP contribution < -0.4 is 5.32 Å². The third-order valence-corrected chi connectivity index (χ3v) is 3.56. The summed E-state index contributed by atoms with van der Waals surface area (Å²) < 4.78 is 42.2. The minimum Gasteiger partial charge on any atom is -0.481 e. The minimum absolute atomic E-state index is 0.0233. The van der Waals surface area contributed by atoms with E-state index in [1.54, 1.807) is 24.3 Å². The summed E-state index contributed by atoms with van der Waals surface area (Å²) in [5.74, 6) is -3.95. The Morgan fingerprint density at radius 1 is 1.21 bits per heavy atom. The molecule has 0 saturated heterocycles. The standard InChI is InChI=1S/C16H20F3NO4/c1-11(16(17,18)19)7-8-13(14(21)22)9-20-15(23)24-10-12-5-3-2-4-6-12/h2-6,11,13H,7-10H2,1H3,(H,20,23)(H,21,22)/t11-,13?/m0/s1. The number of carboxylic acid groups (broad SMARTS) is 1. The maximum Gasteiger partial charge on any atom is 0.407 e. The summed E-state index contributed by atoms with van der Waals surface area (Å²) in [5.41, 5.74) is 0.765. The van der Waals surface area contributed by atoms with E-state index in [9.17, 15) is 22.8 Å². The molecule has 1 aromatic carbocycles. The van der Waals surface area contributed by atoms with Gasteiger partial charge in [0.15, 0.2) is 0 Å². The monoisotopic (exact) mass is 347 g/mol. The number of rotatable bonds is 8. The van der Waals surface area contributed by atoms with Gasteiger partial charge in [-0.1, -0.05) is 37.3 Å². The van der Waals surface area contributed by atoms with E-state index in [-0.39, 0.29) is 26.0 Å². The predicted molar refractivity (Wildman–Crippen MR) is 80.2 cm³/mol. The molecule has 1 amide bonds. The van der Waals surface area contributed by atoms with Gasteiger partial charge in [-0.05, 0) is 18.4 Å². The molecule has 2 atom stereocenters. The molecule has 5 nitrogen and oxygen atoms in total. The maximum atomic E-state index is 12.4. The van der Waals surface area contributed by atoms with E-state index in [0.29, 0.717) is 0 Å². The number of benzene rings is 1. The number of alkyl halides is 3. The van der Waals surface area contributed by atoms with E-state index in [1.807, 2.05) is 6.07 Å². The van der Waals surface area contributed by atoms with Crippen molar-refractivity contribution in [3.63, 3.8) is 0 Å². The molecule has 0 heterocycles. The van der Waals surface area contributed by atoms with Gasteiger partial charge in [-0.25, -0.2) is 4.79 Å². The van der Waals surface area contributed by atoms with Gasteiger partial charge >= 0.3 is 18.2 Å². The highest BCUT2D eigenvalue weighted by Gasteiger charge is 2.36. The van der Waals surface area contributed by atoms with E-state index in [4.69, 9.17) is 9.84 Å². The molecule has 0 aromatic heterocycles. The molecule has 1 aromatic rings. The lowest BCUT2D eigenvalue weighted by Gasteiger charge is -2.18. The topological polar surface area (TPSA) is 75.6 Å². The van der Waals surface area contributed by atoms with E-state index in [1.165, 1.54) is 0 Å². The van der Waals surface area contributed by atoms with Crippen LogP contribution in [0.15, 0.2) is 30.3 Å². The molecule has 0 fully saturated rings. The molecule has 2 N–H and O–H groups in total. The van der Waals surface area contributed by atoms with Gasteiger partial charge in [0.2, 0.25) is 0 Å². The van der Waals surface area contributed by atoms with E-state index in [0.717, 1.165) is 12.5 Å². The number of carboxylic acids is 1. The molecule has 0 bridgehead atoms. The van der Waals surface area contributed by atoms with Crippen molar-refractivity contribution in [2.24, 2.45) is 11.8 Å². The van der Waals surface area contributed by atoms with Gasteiger partial charge in [-0.2, -0.15) is 13.2 Å².